The molecule has 6 heteroatoms. The minimum atomic E-state index is 0.0369. The van der Waals surface area contributed by atoms with Gasteiger partial charge < -0.3 is 24.8 Å². The molecule has 1 aliphatic carbocycles. The molecule has 1 aliphatic rings. The van der Waals surface area contributed by atoms with Crippen LogP contribution >= 0.6 is 12.2 Å². The molecule has 0 saturated heterocycles. The van der Waals surface area contributed by atoms with Crippen molar-refractivity contribution in [3.05, 3.63) is 48.5 Å². The minimum Gasteiger partial charge on any atom is -0.493 e. The molecule has 28 heavy (non-hydrogen) atoms. The number of hydrogen-bond acceptors (Lipinski definition) is 4. The summed E-state index contributed by atoms with van der Waals surface area (Å²) < 4.78 is 17.1. The fourth-order valence-electron chi connectivity index (χ4n) is 3.20. The fraction of sp³-hybridized carbons (Fsp3) is 0.409. The third kappa shape index (κ3) is 6.02. The SMILES string of the molecule is COc1ccccc1OCC(C)NC(=S)Nc1ccc(OC2CCCC2)cc1. The highest BCUT2D eigenvalue weighted by Crippen LogP contribution is 2.26. The van der Waals surface area contributed by atoms with Crippen LogP contribution in [0.4, 0.5) is 5.69 Å². The molecule has 0 radical (unpaired) electrons. The minimum absolute atomic E-state index is 0.0369. The zero-order chi connectivity index (χ0) is 19.8. The molecule has 5 nitrogen and oxygen atoms in total. The Bertz CT molecular complexity index is 761. The van der Waals surface area contributed by atoms with Gasteiger partial charge in [-0.2, -0.15) is 0 Å². The summed E-state index contributed by atoms with van der Waals surface area (Å²) >= 11 is 5.41. The van der Waals surface area contributed by atoms with Gasteiger partial charge in [0.2, 0.25) is 0 Å². The van der Waals surface area contributed by atoms with Crippen LogP contribution in [0.15, 0.2) is 48.5 Å². The zero-order valence-electron chi connectivity index (χ0n) is 16.4. The molecule has 0 amide bonds. The Kier molecular flexibility index (Phi) is 7.37. The van der Waals surface area contributed by atoms with E-state index in [2.05, 4.69) is 10.6 Å². The summed E-state index contributed by atoms with van der Waals surface area (Å²) in [4.78, 5) is 0. The van der Waals surface area contributed by atoms with Crippen LogP contribution in [0.1, 0.15) is 32.6 Å². The van der Waals surface area contributed by atoms with Crippen LogP contribution in [0, 0.1) is 0 Å². The Morgan fingerprint density at radius 1 is 1.07 bits per heavy atom. The number of nitrogens with one attached hydrogen (secondary N) is 2. The van der Waals surface area contributed by atoms with Gasteiger partial charge in [-0.25, -0.2) is 0 Å². The van der Waals surface area contributed by atoms with Gasteiger partial charge in [-0.1, -0.05) is 12.1 Å². The molecule has 0 bridgehead atoms. The standard InChI is InChI=1S/C22H28N2O3S/c1-16(15-26-21-10-6-5-9-20(21)25-2)23-22(28)24-17-11-13-19(14-12-17)27-18-7-3-4-8-18/h5-6,9-14,16,18H,3-4,7-8,15H2,1-2H3,(H2,23,24,28). The molecule has 2 aromatic carbocycles. The van der Waals surface area contributed by atoms with Crippen molar-refractivity contribution >= 4 is 23.0 Å². The topological polar surface area (TPSA) is 51.8 Å². The van der Waals surface area contributed by atoms with Gasteiger partial charge in [-0.15, -0.1) is 0 Å². The first-order chi connectivity index (χ1) is 13.6. The summed E-state index contributed by atoms with van der Waals surface area (Å²) in [6.07, 6.45) is 5.21. The highest BCUT2D eigenvalue weighted by Gasteiger charge is 2.16. The molecule has 1 unspecified atom stereocenters. The van der Waals surface area contributed by atoms with E-state index in [1.165, 1.54) is 12.8 Å². The lowest BCUT2D eigenvalue weighted by Crippen LogP contribution is -2.39. The Balaban J connectivity index is 1.42. The van der Waals surface area contributed by atoms with E-state index in [9.17, 15) is 0 Å². The van der Waals surface area contributed by atoms with Crippen molar-refractivity contribution in [3.8, 4) is 17.2 Å². The lowest BCUT2D eigenvalue weighted by Gasteiger charge is -2.19. The summed E-state index contributed by atoms with van der Waals surface area (Å²) in [6.45, 7) is 2.48. The highest BCUT2D eigenvalue weighted by molar-refractivity contribution is 7.80. The van der Waals surface area contributed by atoms with Crippen LogP contribution in [0.5, 0.6) is 17.2 Å². The monoisotopic (exact) mass is 400 g/mol. The van der Waals surface area contributed by atoms with Crippen LogP contribution in [0.3, 0.4) is 0 Å². The average molecular weight is 401 g/mol. The average Bonchev–Trinajstić information content (AvgIpc) is 3.21. The maximum absolute atomic E-state index is 5.99. The van der Waals surface area contributed by atoms with Crippen LogP contribution in [-0.2, 0) is 0 Å². The number of ether oxygens (including phenoxy) is 3. The summed E-state index contributed by atoms with van der Waals surface area (Å²) in [5.74, 6) is 2.35. The first-order valence-corrected chi connectivity index (χ1v) is 10.1. The van der Waals surface area contributed by atoms with Crippen molar-refractivity contribution in [3.63, 3.8) is 0 Å². The van der Waals surface area contributed by atoms with Gasteiger partial charge in [0.25, 0.3) is 0 Å². The molecular weight excluding hydrogens is 372 g/mol. The van der Waals surface area contributed by atoms with Gasteiger partial charge in [-0.05, 0) is 81.2 Å². The first kappa shape index (κ1) is 20.3. The summed E-state index contributed by atoms with van der Waals surface area (Å²) in [5.41, 5.74) is 0.925. The fourth-order valence-corrected chi connectivity index (χ4v) is 3.52. The molecule has 1 saturated carbocycles. The smallest absolute Gasteiger partial charge is 0.171 e. The number of thiocarbonyl (C=S) groups is 1. The molecule has 1 atom stereocenters. The molecule has 2 aromatic rings. The van der Waals surface area contributed by atoms with Gasteiger partial charge in [0.05, 0.1) is 19.3 Å². The number of para-hydroxylation sites is 2. The molecule has 150 valence electrons. The maximum Gasteiger partial charge on any atom is 0.171 e. The number of hydrogen-bond donors (Lipinski definition) is 2. The van der Waals surface area contributed by atoms with E-state index in [-0.39, 0.29) is 6.04 Å². The molecule has 2 N–H and O–H groups in total. The second kappa shape index (κ2) is 10.2. The number of benzene rings is 2. The van der Waals surface area contributed by atoms with Gasteiger partial charge in [-0.3, -0.25) is 0 Å². The zero-order valence-corrected chi connectivity index (χ0v) is 17.3. The lowest BCUT2D eigenvalue weighted by molar-refractivity contribution is 0.210. The third-order valence-corrected chi connectivity index (χ3v) is 4.87. The normalized spacial score (nSPS) is 14.9. The van der Waals surface area contributed by atoms with Gasteiger partial charge in [0, 0.05) is 5.69 Å². The van der Waals surface area contributed by atoms with E-state index in [0.29, 0.717) is 17.8 Å². The molecule has 0 spiro atoms. The van der Waals surface area contributed by atoms with E-state index in [0.717, 1.165) is 35.8 Å². The van der Waals surface area contributed by atoms with E-state index < -0.39 is 0 Å². The molecule has 0 heterocycles. The summed E-state index contributed by atoms with van der Waals surface area (Å²) in [7, 11) is 1.63. The largest absolute Gasteiger partial charge is 0.493 e. The molecule has 0 aromatic heterocycles. The third-order valence-electron chi connectivity index (χ3n) is 4.65. The van der Waals surface area contributed by atoms with Crippen LogP contribution < -0.4 is 24.8 Å². The predicted octanol–water partition coefficient (Wildman–Crippen LogP) is 4.77. The number of anilines is 1. The Labute approximate surface area is 172 Å². The van der Waals surface area contributed by atoms with Crippen molar-refractivity contribution in [1.29, 1.82) is 0 Å². The second-order valence-electron chi connectivity index (χ2n) is 7.01. The Hall–Kier alpha value is -2.47. The van der Waals surface area contributed by atoms with Crippen LogP contribution in [0.2, 0.25) is 0 Å². The van der Waals surface area contributed by atoms with Crippen molar-refractivity contribution in [2.75, 3.05) is 19.0 Å². The van der Waals surface area contributed by atoms with Crippen LogP contribution in [0.25, 0.3) is 0 Å². The lowest BCUT2D eigenvalue weighted by atomic mass is 10.2. The second-order valence-corrected chi connectivity index (χ2v) is 7.42. The Morgan fingerprint density at radius 3 is 2.43 bits per heavy atom. The summed E-state index contributed by atoms with van der Waals surface area (Å²) in [6, 6.07) is 15.6. The van der Waals surface area contributed by atoms with E-state index in [1.807, 2.05) is 55.5 Å². The molecule has 3 rings (SSSR count). The van der Waals surface area contributed by atoms with Crippen molar-refractivity contribution in [2.24, 2.45) is 0 Å². The molecule has 0 aliphatic heterocycles. The highest BCUT2D eigenvalue weighted by atomic mass is 32.1. The first-order valence-electron chi connectivity index (χ1n) is 9.74. The Morgan fingerprint density at radius 2 is 1.75 bits per heavy atom. The van der Waals surface area contributed by atoms with Gasteiger partial charge >= 0.3 is 0 Å². The van der Waals surface area contributed by atoms with Gasteiger partial charge in [0.15, 0.2) is 16.6 Å². The predicted molar refractivity (Wildman–Crippen MR) is 117 cm³/mol. The molecule has 1 fully saturated rings. The summed E-state index contributed by atoms with van der Waals surface area (Å²) in [5, 5.41) is 6.99. The quantitative estimate of drug-likeness (QED) is 0.623. The van der Waals surface area contributed by atoms with Crippen molar-refractivity contribution < 1.29 is 14.2 Å². The van der Waals surface area contributed by atoms with Gasteiger partial charge in [0.1, 0.15) is 12.4 Å². The van der Waals surface area contributed by atoms with E-state index in [4.69, 9.17) is 26.4 Å². The number of rotatable bonds is 8. The number of methoxy groups -OCH3 is 1. The van der Waals surface area contributed by atoms with Crippen molar-refractivity contribution in [1.82, 2.24) is 5.32 Å². The van der Waals surface area contributed by atoms with E-state index >= 15 is 0 Å². The van der Waals surface area contributed by atoms with Crippen LogP contribution in [-0.4, -0.2) is 31.0 Å². The maximum atomic E-state index is 5.99. The van der Waals surface area contributed by atoms with E-state index in [1.54, 1.807) is 7.11 Å². The molecular formula is C22H28N2O3S. The van der Waals surface area contributed by atoms with Crippen molar-refractivity contribution in [2.45, 2.75) is 44.8 Å².